The van der Waals surface area contributed by atoms with Crippen LogP contribution in [0.4, 0.5) is 5.69 Å². The maximum Gasteiger partial charge on any atom is 0.275 e. The lowest BCUT2D eigenvalue weighted by atomic mass is 10.0. The van der Waals surface area contributed by atoms with Crippen molar-refractivity contribution in [3.05, 3.63) is 40.3 Å². The number of nitrogens with one attached hydrogen (secondary N) is 1. The van der Waals surface area contributed by atoms with E-state index in [4.69, 9.17) is 9.47 Å². The average Bonchev–Trinajstić information content (AvgIpc) is 3.02. The topological polar surface area (TPSA) is 60.5 Å². The third-order valence-corrected chi connectivity index (χ3v) is 4.56. The van der Waals surface area contributed by atoms with E-state index in [0.717, 1.165) is 42.5 Å². The summed E-state index contributed by atoms with van der Waals surface area (Å²) in [4.78, 5) is 16.2. The van der Waals surface area contributed by atoms with Crippen LogP contribution in [-0.2, 0) is 4.74 Å². The molecule has 1 aliphatic heterocycles. The van der Waals surface area contributed by atoms with Gasteiger partial charge < -0.3 is 14.8 Å². The van der Waals surface area contributed by atoms with E-state index in [2.05, 4.69) is 10.3 Å². The molecule has 23 heavy (non-hydrogen) atoms. The van der Waals surface area contributed by atoms with Gasteiger partial charge in [0.2, 0.25) is 0 Å². The zero-order chi connectivity index (χ0) is 16.1. The Morgan fingerprint density at radius 2 is 2.09 bits per heavy atom. The number of amides is 1. The van der Waals surface area contributed by atoms with Crippen LogP contribution in [0.25, 0.3) is 0 Å². The molecule has 1 amide bonds. The van der Waals surface area contributed by atoms with Gasteiger partial charge in [-0.05, 0) is 49.9 Å². The van der Waals surface area contributed by atoms with Gasteiger partial charge in [-0.15, -0.1) is 11.3 Å². The molecular formula is C17H20N2O3S. The van der Waals surface area contributed by atoms with Gasteiger partial charge in [0.1, 0.15) is 11.4 Å². The van der Waals surface area contributed by atoms with Gasteiger partial charge in [0, 0.05) is 24.3 Å². The lowest BCUT2D eigenvalue weighted by Crippen LogP contribution is -2.21. The second kappa shape index (κ2) is 7.57. The maximum absolute atomic E-state index is 12.0. The van der Waals surface area contributed by atoms with Crippen molar-refractivity contribution in [2.45, 2.75) is 19.8 Å². The monoisotopic (exact) mass is 332 g/mol. The van der Waals surface area contributed by atoms with Crippen LogP contribution in [0.2, 0.25) is 0 Å². The fourth-order valence-corrected chi connectivity index (χ4v) is 3.02. The van der Waals surface area contributed by atoms with Crippen LogP contribution < -0.4 is 10.1 Å². The number of aryl methyl sites for hydroxylation is 1. The summed E-state index contributed by atoms with van der Waals surface area (Å²) in [5.41, 5.74) is 1.19. The number of hydrogen-bond donors (Lipinski definition) is 1. The van der Waals surface area contributed by atoms with Gasteiger partial charge in [-0.3, -0.25) is 4.79 Å². The van der Waals surface area contributed by atoms with Gasteiger partial charge in [0.05, 0.1) is 11.6 Å². The first-order valence-corrected chi connectivity index (χ1v) is 8.63. The van der Waals surface area contributed by atoms with Crippen LogP contribution in [0.15, 0.2) is 29.6 Å². The molecule has 0 spiro atoms. The highest BCUT2D eigenvalue weighted by Gasteiger charge is 2.14. The van der Waals surface area contributed by atoms with Crippen LogP contribution in [-0.4, -0.2) is 30.7 Å². The number of aromatic nitrogens is 1. The smallest absolute Gasteiger partial charge is 0.275 e. The van der Waals surface area contributed by atoms with Gasteiger partial charge in [0.25, 0.3) is 5.91 Å². The summed E-state index contributed by atoms with van der Waals surface area (Å²) in [6.45, 7) is 4.25. The van der Waals surface area contributed by atoms with E-state index in [1.807, 2.05) is 31.2 Å². The van der Waals surface area contributed by atoms with Crippen molar-refractivity contribution in [1.29, 1.82) is 0 Å². The van der Waals surface area contributed by atoms with E-state index < -0.39 is 0 Å². The molecule has 0 radical (unpaired) electrons. The van der Waals surface area contributed by atoms with Crippen molar-refractivity contribution < 1.29 is 14.3 Å². The molecule has 1 aromatic carbocycles. The summed E-state index contributed by atoms with van der Waals surface area (Å²) in [6, 6.07) is 7.44. The number of thiazole rings is 1. The van der Waals surface area contributed by atoms with Crippen LogP contribution in [0, 0.1) is 12.8 Å². The Morgan fingerprint density at radius 3 is 2.74 bits per heavy atom. The molecule has 122 valence electrons. The number of benzene rings is 1. The van der Waals surface area contributed by atoms with Crippen molar-refractivity contribution in [2.75, 3.05) is 25.1 Å². The third kappa shape index (κ3) is 4.53. The summed E-state index contributed by atoms with van der Waals surface area (Å²) >= 11 is 1.46. The van der Waals surface area contributed by atoms with E-state index in [9.17, 15) is 4.79 Å². The third-order valence-electron chi connectivity index (χ3n) is 3.79. The molecule has 0 unspecified atom stereocenters. The number of hydrogen-bond acceptors (Lipinski definition) is 5. The van der Waals surface area contributed by atoms with Crippen molar-refractivity contribution in [2.24, 2.45) is 5.92 Å². The van der Waals surface area contributed by atoms with E-state index in [0.29, 0.717) is 18.2 Å². The number of anilines is 1. The quantitative estimate of drug-likeness (QED) is 0.910. The number of rotatable bonds is 5. The average molecular weight is 332 g/mol. The lowest BCUT2D eigenvalue weighted by Gasteiger charge is -2.22. The Balaban J connectivity index is 1.51. The Morgan fingerprint density at radius 1 is 1.35 bits per heavy atom. The Labute approximate surface area is 139 Å². The minimum absolute atomic E-state index is 0.190. The van der Waals surface area contributed by atoms with E-state index >= 15 is 0 Å². The molecule has 1 saturated heterocycles. The molecule has 0 bridgehead atoms. The molecule has 2 heterocycles. The minimum Gasteiger partial charge on any atom is -0.493 e. The summed E-state index contributed by atoms with van der Waals surface area (Å²) in [7, 11) is 0. The molecule has 1 fully saturated rings. The summed E-state index contributed by atoms with van der Waals surface area (Å²) in [6.07, 6.45) is 2.11. The number of nitrogens with zero attached hydrogens (tertiary/aromatic N) is 1. The highest BCUT2D eigenvalue weighted by atomic mass is 32.1. The zero-order valence-corrected chi connectivity index (χ0v) is 13.9. The highest BCUT2D eigenvalue weighted by molar-refractivity contribution is 7.09. The van der Waals surface area contributed by atoms with Gasteiger partial charge in [-0.1, -0.05) is 0 Å². The summed E-state index contributed by atoms with van der Waals surface area (Å²) in [5, 5.41) is 5.48. The second-order valence-corrected chi connectivity index (χ2v) is 6.66. The predicted molar refractivity (Wildman–Crippen MR) is 90.3 cm³/mol. The van der Waals surface area contributed by atoms with Crippen LogP contribution in [0.3, 0.4) is 0 Å². The normalized spacial score (nSPS) is 15.3. The minimum atomic E-state index is -0.190. The van der Waals surface area contributed by atoms with Gasteiger partial charge in [-0.2, -0.15) is 0 Å². The van der Waals surface area contributed by atoms with Crippen molar-refractivity contribution >= 4 is 22.9 Å². The van der Waals surface area contributed by atoms with E-state index in [-0.39, 0.29) is 5.91 Å². The Kier molecular flexibility index (Phi) is 5.25. The first-order valence-electron chi connectivity index (χ1n) is 7.75. The number of carbonyl (C=O) groups is 1. The molecule has 1 aromatic heterocycles. The SMILES string of the molecule is Cc1nc(C(=O)Nc2ccc(OCC3CCOCC3)cc2)cs1. The lowest BCUT2D eigenvalue weighted by molar-refractivity contribution is 0.0497. The largest absolute Gasteiger partial charge is 0.493 e. The predicted octanol–water partition coefficient (Wildman–Crippen LogP) is 3.51. The van der Waals surface area contributed by atoms with E-state index in [1.54, 1.807) is 5.38 Å². The number of ether oxygens (including phenoxy) is 2. The highest BCUT2D eigenvalue weighted by Crippen LogP contribution is 2.20. The summed E-state index contributed by atoms with van der Waals surface area (Å²) in [5.74, 6) is 1.19. The molecular weight excluding hydrogens is 312 g/mol. The molecule has 0 saturated carbocycles. The fourth-order valence-electron chi connectivity index (χ4n) is 2.42. The summed E-state index contributed by atoms with van der Waals surface area (Å²) < 4.78 is 11.2. The molecule has 6 heteroatoms. The van der Waals surface area contributed by atoms with Crippen molar-refractivity contribution in [3.8, 4) is 5.75 Å². The van der Waals surface area contributed by atoms with Gasteiger partial charge in [-0.25, -0.2) is 4.98 Å². The van der Waals surface area contributed by atoms with Gasteiger partial charge in [0.15, 0.2) is 0 Å². The molecule has 1 N–H and O–H groups in total. The molecule has 0 aliphatic carbocycles. The standard InChI is InChI=1S/C17H20N2O3S/c1-12-18-16(11-23-12)17(20)19-14-2-4-15(5-3-14)22-10-13-6-8-21-9-7-13/h2-5,11,13H,6-10H2,1H3,(H,19,20). The second-order valence-electron chi connectivity index (χ2n) is 5.60. The molecule has 5 nitrogen and oxygen atoms in total. The molecule has 3 rings (SSSR count). The first kappa shape index (κ1) is 16.0. The molecule has 0 atom stereocenters. The molecule has 2 aromatic rings. The Hall–Kier alpha value is -1.92. The van der Waals surface area contributed by atoms with Crippen molar-refractivity contribution in [1.82, 2.24) is 4.98 Å². The van der Waals surface area contributed by atoms with Crippen molar-refractivity contribution in [3.63, 3.8) is 0 Å². The van der Waals surface area contributed by atoms with Crippen LogP contribution in [0.5, 0.6) is 5.75 Å². The Bertz CT molecular complexity index is 648. The number of carbonyl (C=O) groups excluding carboxylic acids is 1. The first-order chi connectivity index (χ1) is 11.2. The molecule has 1 aliphatic rings. The van der Waals surface area contributed by atoms with E-state index in [1.165, 1.54) is 11.3 Å². The zero-order valence-electron chi connectivity index (χ0n) is 13.1. The fraction of sp³-hybridized carbons (Fsp3) is 0.412. The maximum atomic E-state index is 12.0. The van der Waals surface area contributed by atoms with Crippen LogP contribution >= 0.6 is 11.3 Å². The van der Waals surface area contributed by atoms with Crippen LogP contribution in [0.1, 0.15) is 28.3 Å². The van der Waals surface area contributed by atoms with Gasteiger partial charge >= 0.3 is 0 Å².